The lowest BCUT2D eigenvalue weighted by molar-refractivity contribution is -0.0805. The molecule has 0 N–H and O–H groups in total. The van der Waals surface area contributed by atoms with Gasteiger partial charge in [-0.25, -0.2) is 0 Å². The van der Waals surface area contributed by atoms with Gasteiger partial charge in [0, 0.05) is 13.0 Å². The van der Waals surface area contributed by atoms with Crippen molar-refractivity contribution in [3.63, 3.8) is 0 Å². The number of methoxy groups -OCH3 is 1. The molecule has 0 spiro atoms. The number of hydrogen-bond donors (Lipinski definition) is 0. The van der Waals surface area contributed by atoms with E-state index in [0.717, 1.165) is 17.3 Å². The summed E-state index contributed by atoms with van der Waals surface area (Å²) in [5.41, 5.74) is 0. The third kappa shape index (κ3) is 3.36. The van der Waals surface area contributed by atoms with Gasteiger partial charge >= 0.3 is 0 Å². The Kier molecular flexibility index (Phi) is 5.37. The maximum absolute atomic E-state index is 6.18. The van der Waals surface area contributed by atoms with Crippen molar-refractivity contribution in [3.05, 3.63) is 22.7 Å². The molecular weight excluding hydrogens is 332 g/mol. The predicted octanol–water partition coefficient (Wildman–Crippen LogP) is 4.01. The van der Waals surface area contributed by atoms with Crippen molar-refractivity contribution in [3.8, 4) is 11.5 Å². The molecule has 0 radical (unpaired) electrons. The van der Waals surface area contributed by atoms with Crippen LogP contribution < -0.4 is 9.47 Å². The third-order valence-corrected chi connectivity index (χ3v) is 4.17. The van der Waals surface area contributed by atoms with Crippen LogP contribution in [0.2, 0.25) is 0 Å². The molecule has 0 heterocycles. The molecule has 3 atom stereocenters. The highest BCUT2D eigenvalue weighted by Crippen LogP contribution is 2.40. The number of para-hydroxylation sites is 1. The topological polar surface area (TPSA) is 27.7 Å². The van der Waals surface area contributed by atoms with Crippen LogP contribution in [0.1, 0.15) is 19.8 Å². The van der Waals surface area contributed by atoms with Gasteiger partial charge in [-0.1, -0.05) is 13.0 Å². The first-order valence-electron chi connectivity index (χ1n) is 6.42. The number of hydrogen-bond acceptors (Lipinski definition) is 3. The highest BCUT2D eigenvalue weighted by atomic mass is 79.9. The molecule has 106 valence electrons. The predicted molar refractivity (Wildman–Crippen MR) is 79.4 cm³/mol. The van der Waals surface area contributed by atoms with Crippen LogP contribution >= 0.6 is 27.5 Å². The Hall–Kier alpha value is -0.450. The molecule has 3 nitrogen and oxygen atoms in total. The number of halogens is 2. The minimum absolute atomic E-state index is 0.0124. The fourth-order valence-electron chi connectivity index (χ4n) is 2.02. The molecule has 19 heavy (non-hydrogen) atoms. The molecule has 1 fully saturated rings. The largest absolute Gasteiger partial charge is 0.493 e. The fourth-order valence-corrected chi connectivity index (χ4v) is 2.88. The molecule has 0 aromatic heterocycles. The van der Waals surface area contributed by atoms with E-state index in [0.29, 0.717) is 18.1 Å². The Morgan fingerprint density at radius 1 is 1.42 bits per heavy atom. The molecule has 1 aliphatic carbocycles. The highest BCUT2D eigenvalue weighted by Gasteiger charge is 2.43. The number of alkyl halides is 1. The molecular formula is C14H18BrClO3. The summed E-state index contributed by atoms with van der Waals surface area (Å²) in [4.78, 5) is 0. The summed E-state index contributed by atoms with van der Waals surface area (Å²) in [6.45, 7) is 2.79. The summed E-state index contributed by atoms with van der Waals surface area (Å²) < 4.78 is 17.9. The van der Waals surface area contributed by atoms with Gasteiger partial charge in [-0.3, -0.25) is 0 Å². The Balaban J connectivity index is 2.05. The van der Waals surface area contributed by atoms with Gasteiger partial charge in [-0.2, -0.15) is 0 Å². The number of ether oxygens (including phenoxy) is 3. The SMILES string of the molecule is CCCOC1C(Cl)CC1Oc1c(Br)cccc1OC. The average molecular weight is 350 g/mol. The van der Waals surface area contributed by atoms with E-state index >= 15 is 0 Å². The zero-order valence-electron chi connectivity index (χ0n) is 11.1. The van der Waals surface area contributed by atoms with Crippen LogP contribution in [0.15, 0.2) is 22.7 Å². The molecule has 0 bridgehead atoms. The van der Waals surface area contributed by atoms with Crippen molar-refractivity contribution < 1.29 is 14.2 Å². The van der Waals surface area contributed by atoms with Crippen LogP contribution in [0.25, 0.3) is 0 Å². The quantitative estimate of drug-likeness (QED) is 0.726. The lowest BCUT2D eigenvalue weighted by Gasteiger charge is -2.40. The Morgan fingerprint density at radius 2 is 2.21 bits per heavy atom. The molecule has 1 aliphatic rings. The Morgan fingerprint density at radius 3 is 2.84 bits per heavy atom. The molecule has 1 aromatic carbocycles. The normalized spacial score (nSPS) is 25.8. The van der Waals surface area contributed by atoms with E-state index in [4.69, 9.17) is 25.8 Å². The second-order valence-electron chi connectivity index (χ2n) is 4.51. The van der Waals surface area contributed by atoms with Gasteiger partial charge in [0.2, 0.25) is 0 Å². The van der Waals surface area contributed by atoms with E-state index in [1.807, 2.05) is 18.2 Å². The molecule has 3 unspecified atom stereocenters. The molecule has 1 aromatic rings. The van der Waals surface area contributed by atoms with E-state index in [1.54, 1.807) is 7.11 Å². The van der Waals surface area contributed by atoms with Gasteiger partial charge in [0.25, 0.3) is 0 Å². The lowest BCUT2D eigenvalue weighted by atomic mass is 9.91. The first kappa shape index (κ1) is 14.9. The standard InChI is InChI=1S/C14H18BrClO3/c1-3-7-18-14-10(16)8-12(14)19-13-9(15)5-4-6-11(13)17-2/h4-6,10,12,14H,3,7-8H2,1-2H3. The van der Waals surface area contributed by atoms with Crippen LogP contribution in [-0.4, -0.2) is 31.3 Å². The highest BCUT2D eigenvalue weighted by molar-refractivity contribution is 9.10. The maximum atomic E-state index is 6.18. The van der Waals surface area contributed by atoms with Crippen molar-refractivity contribution in [2.24, 2.45) is 0 Å². The smallest absolute Gasteiger partial charge is 0.175 e. The summed E-state index contributed by atoms with van der Waals surface area (Å²) in [6.07, 6.45) is 1.71. The van der Waals surface area contributed by atoms with E-state index in [2.05, 4.69) is 22.9 Å². The van der Waals surface area contributed by atoms with Crippen molar-refractivity contribution in [1.82, 2.24) is 0 Å². The monoisotopic (exact) mass is 348 g/mol. The molecule has 1 saturated carbocycles. The van der Waals surface area contributed by atoms with Crippen LogP contribution in [-0.2, 0) is 4.74 Å². The Labute approximate surface area is 127 Å². The van der Waals surface area contributed by atoms with Gasteiger partial charge in [0.15, 0.2) is 11.5 Å². The lowest BCUT2D eigenvalue weighted by Crippen LogP contribution is -2.52. The first-order valence-corrected chi connectivity index (χ1v) is 7.65. The van der Waals surface area contributed by atoms with Crippen molar-refractivity contribution in [2.45, 2.75) is 37.4 Å². The van der Waals surface area contributed by atoms with Crippen LogP contribution in [0.4, 0.5) is 0 Å². The van der Waals surface area contributed by atoms with E-state index in [1.165, 1.54) is 0 Å². The molecule has 0 aliphatic heterocycles. The third-order valence-electron chi connectivity index (χ3n) is 3.11. The van der Waals surface area contributed by atoms with Gasteiger partial charge < -0.3 is 14.2 Å². The molecule has 0 amide bonds. The number of benzene rings is 1. The van der Waals surface area contributed by atoms with Gasteiger partial charge in [-0.05, 0) is 34.5 Å². The van der Waals surface area contributed by atoms with E-state index < -0.39 is 0 Å². The van der Waals surface area contributed by atoms with Crippen molar-refractivity contribution in [2.75, 3.05) is 13.7 Å². The zero-order valence-corrected chi connectivity index (χ0v) is 13.4. The summed E-state index contributed by atoms with van der Waals surface area (Å²) >= 11 is 9.66. The molecule has 0 saturated heterocycles. The summed E-state index contributed by atoms with van der Waals surface area (Å²) in [5.74, 6) is 1.42. The second-order valence-corrected chi connectivity index (χ2v) is 5.93. The van der Waals surface area contributed by atoms with Crippen LogP contribution in [0.5, 0.6) is 11.5 Å². The second kappa shape index (κ2) is 6.82. The zero-order chi connectivity index (χ0) is 13.8. The van der Waals surface area contributed by atoms with Crippen molar-refractivity contribution >= 4 is 27.5 Å². The average Bonchev–Trinajstić information content (AvgIpc) is 2.40. The minimum atomic E-state index is -0.0431. The first-order chi connectivity index (χ1) is 9.17. The Bertz CT molecular complexity index is 427. The summed E-state index contributed by atoms with van der Waals surface area (Å²) in [5, 5.41) is 0.0324. The molecule has 5 heteroatoms. The minimum Gasteiger partial charge on any atom is -0.493 e. The number of rotatable bonds is 6. The van der Waals surface area contributed by atoms with Crippen LogP contribution in [0.3, 0.4) is 0 Å². The maximum Gasteiger partial charge on any atom is 0.175 e. The summed E-state index contributed by atoms with van der Waals surface area (Å²) in [7, 11) is 1.63. The van der Waals surface area contributed by atoms with E-state index in [9.17, 15) is 0 Å². The van der Waals surface area contributed by atoms with Gasteiger partial charge in [-0.15, -0.1) is 11.6 Å². The summed E-state index contributed by atoms with van der Waals surface area (Å²) in [6, 6.07) is 5.71. The molecule has 2 rings (SSSR count). The van der Waals surface area contributed by atoms with Crippen LogP contribution in [0, 0.1) is 0 Å². The van der Waals surface area contributed by atoms with E-state index in [-0.39, 0.29) is 17.6 Å². The fraction of sp³-hybridized carbons (Fsp3) is 0.571. The van der Waals surface area contributed by atoms with Gasteiger partial charge in [0.1, 0.15) is 12.2 Å². The van der Waals surface area contributed by atoms with Crippen molar-refractivity contribution in [1.29, 1.82) is 0 Å². The van der Waals surface area contributed by atoms with Gasteiger partial charge in [0.05, 0.1) is 17.0 Å².